The van der Waals surface area contributed by atoms with Gasteiger partial charge in [-0.1, -0.05) is 19.8 Å². The zero-order chi connectivity index (χ0) is 9.84. The Morgan fingerprint density at radius 2 is 2.15 bits per heavy atom. The highest BCUT2D eigenvalue weighted by Gasteiger charge is 2.36. The Kier molecular flexibility index (Phi) is 4.12. The predicted molar refractivity (Wildman–Crippen MR) is 49.3 cm³/mol. The molecule has 1 fully saturated rings. The normalized spacial score (nSPS) is 36.5. The highest BCUT2D eigenvalue weighted by molar-refractivity contribution is 4.94. The van der Waals surface area contributed by atoms with E-state index in [1.165, 1.54) is 0 Å². The first-order valence-corrected chi connectivity index (χ1v) is 4.94. The van der Waals surface area contributed by atoms with E-state index in [1.807, 2.05) is 0 Å². The summed E-state index contributed by atoms with van der Waals surface area (Å²) in [7, 11) is 0. The lowest BCUT2D eigenvalue weighted by Crippen LogP contribution is -2.43. The van der Waals surface area contributed by atoms with Crippen molar-refractivity contribution >= 4 is 0 Å². The van der Waals surface area contributed by atoms with Crippen LogP contribution in [0.1, 0.15) is 26.2 Å². The van der Waals surface area contributed by atoms with Crippen LogP contribution in [0.2, 0.25) is 0 Å². The number of nitrogens with one attached hydrogen (secondary N) is 1. The number of aliphatic hydroxyl groups excluding tert-OH is 3. The average Bonchev–Trinajstić information content (AvgIpc) is 2.44. The summed E-state index contributed by atoms with van der Waals surface area (Å²) in [6.45, 7) is 2.43. The van der Waals surface area contributed by atoms with Gasteiger partial charge in [0.1, 0.15) is 0 Å². The Labute approximate surface area is 78.6 Å². The third-order valence-corrected chi connectivity index (χ3v) is 2.59. The van der Waals surface area contributed by atoms with Crippen LogP contribution in [0.15, 0.2) is 0 Å². The molecular weight excluding hydrogens is 170 g/mol. The molecule has 0 aromatic rings. The van der Waals surface area contributed by atoms with E-state index in [0.717, 1.165) is 12.8 Å². The van der Waals surface area contributed by atoms with E-state index in [0.29, 0.717) is 13.0 Å². The third kappa shape index (κ3) is 2.64. The van der Waals surface area contributed by atoms with Crippen molar-refractivity contribution in [2.45, 2.75) is 50.5 Å². The summed E-state index contributed by atoms with van der Waals surface area (Å²) in [5, 5.41) is 31.2. The van der Waals surface area contributed by atoms with Crippen LogP contribution in [-0.2, 0) is 0 Å². The van der Waals surface area contributed by atoms with Crippen LogP contribution in [0.4, 0.5) is 0 Å². The van der Waals surface area contributed by atoms with Crippen molar-refractivity contribution in [3.05, 3.63) is 0 Å². The number of hydrogen-bond donors (Lipinski definition) is 4. The number of β-amino-alcohol motifs (C(OH)–C–C–N with tert-alkyl or cyclic N) is 1. The molecule has 0 amide bonds. The summed E-state index contributed by atoms with van der Waals surface area (Å²) >= 11 is 0. The summed E-state index contributed by atoms with van der Waals surface area (Å²) in [4.78, 5) is 0. The largest absolute Gasteiger partial charge is 0.391 e. The molecule has 1 rings (SSSR count). The molecule has 13 heavy (non-hydrogen) atoms. The van der Waals surface area contributed by atoms with Crippen molar-refractivity contribution < 1.29 is 15.3 Å². The van der Waals surface area contributed by atoms with Crippen molar-refractivity contribution in [2.75, 3.05) is 6.54 Å². The fourth-order valence-electron chi connectivity index (χ4n) is 1.69. The van der Waals surface area contributed by atoms with Crippen LogP contribution in [0.3, 0.4) is 0 Å². The first kappa shape index (κ1) is 10.9. The summed E-state index contributed by atoms with van der Waals surface area (Å²) in [6, 6.07) is -0.360. The van der Waals surface area contributed by atoms with E-state index >= 15 is 0 Å². The van der Waals surface area contributed by atoms with Crippen LogP contribution in [0.5, 0.6) is 0 Å². The van der Waals surface area contributed by atoms with E-state index < -0.39 is 18.3 Å². The predicted octanol–water partition coefficient (Wildman–Crippen LogP) is -0.769. The Balaban J connectivity index is 2.34. The first-order valence-electron chi connectivity index (χ1n) is 4.94. The molecule has 4 atom stereocenters. The van der Waals surface area contributed by atoms with Gasteiger partial charge in [0.15, 0.2) is 0 Å². The van der Waals surface area contributed by atoms with Crippen LogP contribution in [0.25, 0.3) is 0 Å². The molecule has 2 unspecified atom stereocenters. The van der Waals surface area contributed by atoms with E-state index in [9.17, 15) is 15.3 Å². The second kappa shape index (κ2) is 4.91. The molecule has 0 aliphatic carbocycles. The van der Waals surface area contributed by atoms with Gasteiger partial charge in [-0.25, -0.2) is 0 Å². The number of hydrogen-bond acceptors (Lipinski definition) is 4. The highest BCUT2D eigenvalue weighted by atomic mass is 16.3. The summed E-state index contributed by atoms with van der Waals surface area (Å²) < 4.78 is 0. The zero-order valence-corrected chi connectivity index (χ0v) is 7.98. The summed E-state index contributed by atoms with van der Waals surface area (Å²) in [5.74, 6) is 0. The molecule has 78 valence electrons. The van der Waals surface area contributed by atoms with Crippen LogP contribution >= 0.6 is 0 Å². The molecular formula is C9H19NO3. The van der Waals surface area contributed by atoms with Crippen molar-refractivity contribution in [1.29, 1.82) is 0 Å². The van der Waals surface area contributed by atoms with Crippen molar-refractivity contribution in [3.8, 4) is 0 Å². The lowest BCUT2D eigenvalue weighted by molar-refractivity contribution is 0.00422. The maximum Gasteiger partial charge on any atom is 0.0989 e. The molecule has 1 aliphatic rings. The minimum Gasteiger partial charge on any atom is -0.391 e. The molecule has 1 saturated heterocycles. The minimum atomic E-state index is -0.827. The maximum atomic E-state index is 9.63. The summed E-state index contributed by atoms with van der Waals surface area (Å²) in [5.41, 5.74) is 0. The van der Waals surface area contributed by atoms with Gasteiger partial charge in [-0.3, -0.25) is 0 Å². The zero-order valence-electron chi connectivity index (χ0n) is 7.98. The van der Waals surface area contributed by atoms with Gasteiger partial charge in [0.25, 0.3) is 0 Å². The van der Waals surface area contributed by atoms with Crippen LogP contribution in [0, 0.1) is 0 Å². The maximum absolute atomic E-state index is 9.63. The second-order valence-corrected chi connectivity index (χ2v) is 3.70. The average molecular weight is 189 g/mol. The lowest BCUT2D eigenvalue weighted by atomic mass is 10.0. The Bertz CT molecular complexity index is 154. The molecule has 0 bridgehead atoms. The first-order chi connectivity index (χ1) is 6.16. The standard InChI is InChI=1S/C9H19NO3/c1-2-3-4-6(11)8-9(13)7(12)5-10-8/h6-13H,2-5H2,1H3/t6?,7-,8?,9+/m1/s1. The molecule has 0 aromatic heterocycles. The molecule has 1 aliphatic heterocycles. The van der Waals surface area contributed by atoms with Crippen molar-refractivity contribution in [2.24, 2.45) is 0 Å². The van der Waals surface area contributed by atoms with E-state index in [-0.39, 0.29) is 6.04 Å². The fourth-order valence-corrected chi connectivity index (χ4v) is 1.69. The third-order valence-electron chi connectivity index (χ3n) is 2.59. The van der Waals surface area contributed by atoms with Crippen LogP contribution < -0.4 is 5.32 Å². The SMILES string of the molecule is CCCCC(O)C1NC[C@@H](O)[C@@H]1O. The molecule has 0 radical (unpaired) electrons. The quantitative estimate of drug-likeness (QED) is 0.468. The second-order valence-electron chi connectivity index (χ2n) is 3.70. The molecule has 4 nitrogen and oxygen atoms in total. The Hall–Kier alpha value is -0.160. The van der Waals surface area contributed by atoms with Gasteiger partial charge < -0.3 is 20.6 Å². The Morgan fingerprint density at radius 3 is 2.62 bits per heavy atom. The molecule has 0 spiro atoms. The molecule has 1 heterocycles. The molecule has 0 aromatic carbocycles. The highest BCUT2D eigenvalue weighted by Crippen LogP contribution is 2.15. The van der Waals surface area contributed by atoms with Crippen molar-refractivity contribution in [1.82, 2.24) is 5.32 Å². The smallest absolute Gasteiger partial charge is 0.0989 e. The van der Waals surface area contributed by atoms with E-state index in [2.05, 4.69) is 12.2 Å². The van der Waals surface area contributed by atoms with Gasteiger partial charge in [0.05, 0.1) is 24.4 Å². The van der Waals surface area contributed by atoms with Gasteiger partial charge in [-0.05, 0) is 6.42 Å². The van der Waals surface area contributed by atoms with Gasteiger partial charge in [0.2, 0.25) is 0 Å². The monoisotopic (exact) mass is 189 g/mol. The van der Waals surface area contributed by atoms with Gasteiger partial charge in [0, 0.05) is 6.54 Å². The number of rotatable bonds is 4. The fraction of sp³-hybridized carbons (Fsp3) is 1.00. The number of aliphatic hydroxyl groups is 3. The number of unbranched alkanes of at least 4 members (excludes halogenated alkanes) is 1. The van der Waals surface area contributed by atoms with E-state index in [1.54, 1.807) is 0 Å². The van der Waals surface area contributed by atoms with E-state index in [4.69, 9.17) is 0 Å². The topological polar surface area (TPSA) is 72.7 Å². The molecule has 4 heteroatoms. The van der Waals surface area contributed by atoms with Crippen molar-refractivity contribution in [3.63, 3.8) is 0 Å². The van der Waals surface area contributed by atoms with Gasteiger partial charge in [-0.15, -0.1) is 0 Å². The lowest BCUT2D eigenvalue weighted by Gasteiger charge is -2.21. The van der Waals surface area contributed by atoms with Gasteiger partial charge in [-0.2, -0.15) is 0 Å². The minimum absolute atomic E-state index is 0.360. The van der Waals surface area contributed by atoms with Crippen LogP contribution in [-0.4, -0.2) is 46.2 Å². The molecule has 4 N–H and O–H groups in total. The summed E-state index contributed by atoms with van der Waals surface area (Å²) in [6.07, 6.45) is 0.544. The Morgan fingerprint density at radius 1 is 1.46 bits per heavy atom. The van der Waals surface area contributed by atoms with Gasteiger partial charge >= 0.3 is 0 Å². The molecule has 0 saturated carbocycles.